The van der Waals surface area contributed by atoms with E-state index in [0.29, 0.717) is 11.6 Å². The zero-order valence-corrected chi connectivity index (χ0v) is 17.4. The smallest absolute Gasteiger partial charge is 0.252 e. The monoisotopic (exact) mass is 443 g/mol. The van der Waals surface area contributed by atoms with E-state index < -0.39 is 15.9 Å². The van der Waals surface area contributed by atoms with Crippen molar-refractivity contribution in [3.05, 3.63) is 60.4 Å². The van der Waals surface area contributed by atoms with Crippen molar-refractivity contribution in [3.8, 4) is 5.75 Å². The second kappa shape index (κ2) is 9.82. The molecule has 3 aromatic rings. The van der Waals surface area contributed by atoms with Crippen LogP contribution in [0.4, 0.5) is 17.3 Å². The third kappa shape index (κ3) is 5.87. The number of methoxy groups -OCH3 is 1. The predicted molar refractivity (Wildman–Crippen MR) is 115 cm³/mol. The minimum absolute atomic E-state index is 0.0146. The van der Waals surface area contributed by atoms with Gasteiger partial charge in [-0.2, -0.15) is 0 Å². The summed E-state index contributed by atoms with van der Waals surface area (Å²) < 4.78 is 32.4. The zero-order chi connectivity index (χ0) is 22.3. The Morgan fingerprint density at radius 3 is 2.39 bits per heavy atom. The number of nitrogens with zero attached hydrogens (tertiary/aromatic N) is 3. The Labute approximate surface area is 179 Å². The lowest BCUT2D eigenvalue weighted by atomic mass is 10.2. The highest BCUT2D eigenvalue weighted by Crippen LogP contribution is 2.22. The number of hydrogen-bond donors (Lipinski definition) is 4. The van der Waals surface area contributed by atoms with Crippen molar-refractivity contribution in [1.29, 1.82) is 0 Å². The molecule has 1 amide bonds. The van der Waals surface area contributed by atoms with Crippen molar-refractivity contribution in [3.63, 3.8) is 0 Å². The number of primary amides is 1. The van der Waals surface area contributed by atoms with Gasteiger partial charge in [0, 0.05) is 31.2 Å². The van der Waals surface area contributed by atoms with Crippen LogP contribution in [0.1, 0.15) is 10.4 Å². The van der Waals surface area contributed by atoms with Crippen molar-refractivity contribution >= 4 is 33.3 Å². The molecule has 1 aromatic carbocycles. The van der Waals surface area contributed by atoms with E-state index in [9.17, 15) is 13.2 Å². The Morgan fingerprint density at radius 1 is 1.03 bits per heavy atom. The van der Waals surface area contributed by atoms with E-state index in [1.54, 1.807) is 36.7 Å². The van der Waals surface area contributed by atoms with E-state index in [1.165, 1.54) is 25.3 Å². The van der Waals surface area contributed by atoms with Gasteiger partial charge in [-0.3, -0.25) is 9.78 Å². The molecular weight excluding hydrogens is 422 g/mol. The first-order chi connectivity index (χ1) is 14.9. The molecule has 3 rings (SSSR count). The molecule has 5 N–H and O–H groups in total. The fourth-order valence-electron chi connectivity index (χ4n) is 2.58. The molecule has 0 atom stereocenters. The molecule has 0 spiro atoms. The number of carbonyl (C=O) groups is 1. The Balaban J connectivity index is 1.53. The highest BCUT2D eigenvalue weighted by molar-refractivity contribution is 7.89. The van der Waals surface area contributed by atoms with Gasteiger partial charge in [0.05, 0.1) is 17.6 Å². The first-order valence-corrected chi connectivity index (χ1v) is 10.6. The Morgan fingerprint density at radius 2 is 1.74 bits per heavy atom. The minimum Gasteiger partial charge on any atom is -0.496 e. The van der Waals surface area contributed by atoms with Crippen molar-refractivity contribution in [2.45, 2.75) is 4.90 Å². The first-order valence-electron chi connectivity index (χ1n) is 9.11. The topological polar surface area (TPSA) is 161 Å². The molecule has 12 heteroatoms. The first kappa shape index (κ1) is 21.9. The summed E-state index contributed by atoms with van der Waals surface area (Å²) in [4.78, 5) is 15.3. The van der Waals surface area contributed by atoms with Gasteiger partial charge in [0.2, 0.25) is 10.0 Å². The fraction of sp³-hybridized carbons (Fsp3) is 0.158. The number of nitrogens with one attached hydrogen (secondary N) is 3. The summed E-state index contributed by atoms with van der Waals surface area (Å²) >= 11 is 0. The molecule has 0 aliphatic rings. The van der Waals surface area contributed by atoms with Gasteiger partial charge in [0.25, 0.3) is 5.91 Å². The summed E-state index contributed by atoms with van der Waals surface area (Å²) in [6.45, 7) is 0.350. The van der Waals surface area contributed by atoms with Crippen molar-refractivity contribution < 1.29 is 17.9 Å². The number of rotatable bonds is 10. The molecular formula is C19H21N7O4S. The lowest BCUT2D eigenvalue weighted by molar-refractivity contribution is 0.0997. The average molecular weight is 443 g/mol. The second-order valence-corrected chi connectivity index (χ2v) is 7.98. The molecule has 0 saturated carbocycles. The number of ether oxygens (including phenoxy) is 1. The minimum atomic E-state index is -3.84. The van der Waals surface area contributed by atoms with Crippen molar-refractivity contribution in [1.82, 2.24) is 19.9 Å². The molecule has 0 aliphatic carbocycles. The zero-order valence-electron chi connectivity index (χ0n) is 16.6. The van der Waals surface area contributed by atoms with E-state index in [0.717, 1.165) is 5.69 Å². The summed E-state index contributed by atoms with van der Waals surface area (Å²) in [5.74, 6) is 0.465. The molecule has 0 aliphatic heterocycles. The summed E-state index contributed by atoms with van der Waals surface area (Å²) in [6.07, 6.45) is 3.32. The normalized spacial score (nSPS) is 11.0. The molecule has 2 heterocycles. The summed E-state index contributed by atoms with van der Waals surface area (Å²) in [5.41, 5.74) is 6.09. The van der Waals surface area contributed by atoms with Crippen LogP contribution in [-0.2, 0) is 10.0 Å². The van der Waals surface area contributed by atoms with E-state index >= 15 is 0 Å². The van der Waals surface area contributed by atoms with Crippen LogP contribution in [0, 0.1) is 0 Å². The van der Waals surface area contributed by atoms with Crippen LogP contribution in [-0.4, -0.2) is 49.7 Å². The van der Waals surface area contributed by atoms with Gasteiger partial charge in [-0.25, -0.2) is 13.1 Å². The quantitative estimate of drug-likeness (QED) is 0.336. The molecule has 31 heavy (non-hydrogen) atoms. The van der Waals surface area contributed by atoms with Gasteiger partial charge in [0.1, 0.15) is 11.6 Å². The Hall–Kier alpha value is -3.77. The predicted octanol–water partition coefficient (Wildman–Crippen LogP) is 1.11. The number of aromatic nitrogens is 3. The van der Waals surface area contributed by atoms with Gasteiger partial charge in [-0.05, 0) is 42.5 Å². The molecule has 11 nitrogen and oxygen atoms in total. The number of amides is 1. The van der Waals surface area contributed by atoms with E-state index in [2.05, 4.69) is 30.5 Å². The summed E-state index contributed by atoms with van der Waals surface area (Å²) in [6, 6.07) is 10.9. The number of hydrogen-bond acceptors (Lipinski definition) is 9. The molecule has 0 bridgehead atoms. The van der Waals surface area contributed by atoms with E-state index in [-0.39, 0.29) is 29.3 Å². The Bertz CT molecular complexity index is 1140. The molecule has 0 radical (unpaired) electrons. The number of benzene rings is 1. The average Bonchev–Trinajstić information content (AvgIpc) is 2.78. The van der Waals surface area contributed by atoms with Crippen LogP contribution < -0.4 is 25.8 Å². The van der Waals surface area contributed by atoms with Crippen molar-refractivity contribution in [2.24, 2.45) is 5.73 Å². The maximum atomic E-state index is 12.5. The molecule has 0 unspecified atom stereocenters. The maximum Gasteiger partial charge on any atom is 0.252 e. The summed E-state index contributed by atoms with van der Waals surface area (Å²) in [7, 11) is -2.48. The van der Waals surface area contributed by atoms with Gasteiger partial charge in [-0.1, -0.05) is 0 Å². The number of anilines is 3. The van der Waals surface area contributed by atoms with Gasteiger partial charge in [0.15, 0.2) is 5.82 Å². The fourth-order valence-corrected chi connectivity index (χ4v) is 3.64. The molecule has 162 valence electrons. The van der Waals surface area contributed by atoms with Gasteiger partial charge >= 0.3 is 0 Å². The Kier molecular flexibility index (Phi) is 6.95. The maximum absolute atomic E-state index is 12.5. The van der Waals surface area contributed by atoms with E-state index in [1.807, 2.05) is 0 Å². The second-order valence-electron chi connectivity index (χ2n) is 6.22. The van der Waals surface area contributed by atoms with Crippen LogP contribution in [0.3, 0.4) is 0 Å². The standard InChI is InChI=1S/C19H21N7O4S/c1-30-16-3-2-14(12-15(16)19(20)27)31(28,29)23-11-10-22-17-4-5-18(26-25-17)24-13-6-8-21-9-7-13/h2-9,12,23H,10-11H2,1H3,(H2,20,27)(H,22,25)(H,21,24,26). The molecule has 0 fully saturated rings. The summed E-state index contributed by atoms with van der Waals surface area (Å²) in [5, 5.41) is 14.1. The van der Waals surface area contributed by atoms with Crippen LogP contribution in [0.2, 0.25) is 0 Å². The van der Waals surface area contributed by atoms with E-state index in [4.69, 9.17) is 10.5 Å². The molecule has 0 saturated heterocycles. The number of carbonyl (C=O) groups excluding carboxylic acids is 1. The third-order valence-corrected chi connectivity index (χ3v) is 5.55. The van der Waals surface area contributed by atoms with Crippen LogP contribution in [0.5, 0.6) is 5.75 Å². The lowest BCUT2D eigenvalue weighted by Crippen LogP contribution is -2.29. The number of sulfonamides is 1. The lowest BCUT2D eigenvalue weighted by Gasteiger charge is -2.11. The van der Waals surface area contributed by atoms with Crippen LogP contribution >= 0.6 is 0 Å². The highest BCUT2D eigenvalue weighted by atomic mass is 32.2. The number of nitrogens with two attached hydrogens (primary N) is 1. The van der Waals surface area contributed by atoms with Gasteiger partial charge in [-0.15, -0.1) is 10.2 Å². The van der Waals surface area contributed by atoms with Crippen molar-refractivity contribution in [2.75, 3.05) is 30.8 Å². The number of pyridine rings is 1. The van der Waals surface area contributed by atoms with Gasteiger partial charge < -0.3 is 21.1 Å². The van der Waals surface area contributed by atoms with Crippen LogP contribution in [0.25, 0.3) is 0 Å². The SMILES string of the molecule is COc1ccc(S(=O)(=O)NCCNc2ccc(Nc3ccncc3)nn2)cc1C(N)=O. The third-order valence-electron chi connectivity index (χ3n) is 4.09. The highest BCUT2D eigenvalue weighted by Gasteiger charge is 2.18. The molecule has 2 aromatic heterocycles. The largest absolute Gasteiger partial charge is 0.496 e. The van der Waals surface area contributed by atoms with Crippen LogP contribution in [0.15, 0.2) is 59.8 Å².